The van der Waals surface area contributed by atoms with Gasteiger partial charge < -0.3 is 11.1 Å². The van der Waals surface area contributed by atoms with Crippen LogP contribution in [0, 0.1) is 0 Å². The predicted molar refractivity (Wildman–Crippen MR) is 65.8 cm³/mol. The Morgan fingerprint density at radius 3 is 2.56 bits per heavy atom. The number of anilines is 1. The third-order valence-corrected chi connectivity index (χ3v) is 2.32. The molecule has 0 spiro atoms. The van der Waals surface area contributed by atoms with E-state index in [0.29, 0.717) is 11.3 Å². The van der Waals surface area contributed by atoms with Crippen molar-refractivity contribution in [3.05, 3.63) is 48.3 Å². The van der Waals surface area contributed by atoms with Crippen molar-refractivity contribution in [1.29, 1.82) is 0 Å². The molecule has 1 heterocycles. The molecular weight excluding hydrogens is 232 g/mol. The van der Waals surface area contributed by atoms with Crippen LogP contribution in [0.3, 0.4) is 0 Å². The highest BCUT2D eigenvalue weighted by Gasteiger charge is 2.04. The summed E-state index contributed by atoms with van der Waals surface area (Å²) in [4.78, 5) is 22.5. The second-order valence-electron chi connectivity index (χ2n) is 3.69. The van der Waals surface area contributed by atoms with Gasteiger partial charge in [-0.2, -0.15) is 5.10 Å². The highest BCUT2D eigenvalue weighted by molar-refractivity contribution is 5.94. The summed E-state index contributed by atoms with van der Waals surface area (Å²) >= 11 is 0. The summed E-state index contributed by atoms with van der Waals surface area (Å²) in [7, 11) is 0. The molecule has 0 bridgehead atoms. The molecule has 0 aliphatic rings. The topological polar surface area (TPSA) is 90.0 Å². The first-order valence-electron chi connectivity index (χ1n) is 5.32. The maximum atomic E-state index is 11.6. The Bertz CT molecular complexity index is 546. The number of carbonyl (C=O) groups excluding carboxylic acids is 2. The van der Waals surface area contributed by atoms with E-state index in [1.807, 2.05) is 0 Å². The Balaban J connectivity index is 1.97. The molecule has 18 heavy (non-hydrogen) atoms. The second kappa shape index (κ2) is 5.13. The van der Waals surface area contributed by atoms with Crippen molar-refractivity contribution in [3.8, 4) is 0 Å². The van der Waals surface area contributed by atoms with E-state index < -0.39 is 5.91 Å². The van der Waals surface area contributed by atoms with E-state index in [4.69, 9.17) is 5.73 Å². The number of benzene rings is 1. The Kier molecular flexibility index (Phi) is 3.38. The Hall–Kier alpha value is -2.63. The summed E-state index contributed by atoms with van der Waals surface area (Å²) in [5.41, 5.74) is 6.13. The van der Waals surface area contributed by atoms with Crippen molar-refractivity contribution in [2.45, 2.75) is 6.54 Å². The molecule has 0 saturated carbocycles. The van der Waals surface area contributed by atoms with E-state index in [0.717, 1.165) is 0 Å². The summed E-state index contributed by atoms with van der Waals surface area (Å²) in [6.45, 7) is 0.143. The zero-order chi connectivity index (χ0) is 13.0. The van der Waals surface area contributed by atoms with E-state index in [9.17, 15) is 9.59 Å². The van der Waals surface area contributed by atoms with E-state index in [1.54, 1.807) is 42.7 Å². The van der Waals surface area contributed by atoms with Crippen LogP contribution in [0.2, 0.25) is 0 Å². The van der Waals surface area contributed by atoms with Gasteiger partial charge in [0.2, 0.25) is 11.8 Å². The van der Waals surface area contributed by atoms with Gasteiger partial charge in [-0.3, -0.25) is 14.3 Å². The number of rotatable bonds is 4. The molecule has 92 valence electrons. The minimum atomic E-state index is -0.496. The fourth-order valence-corrected chi connectivity index (χ4v) is 1.46. The van der Waals surface area contributed by atoms with Crippen LogP contribution < -0.4 is 11.1 Å². The van der Waals surface area contributed by atoms with Crippen LogP contribution in [0.5, 0.6) is 0 Å². The molecule has 0 aliphatic heterocycles. The van der Waals surface area contributed by atoms with Crippen molar-refractivity contribution >= 4 is 17.5 Å². The SMILES string of the molecule is NC(=O)c1ccc(NC(=O)Cn2cccn2)cc1. The number of primary amides is 1. The first kappa shape index (κ1) is 11.8. The van der Waals surface area contributed by atoms with Gasteiger partial charge in [-0.15, -0.1) is 0 Å². The molecule has 3 N–H and O–H groups in total. The molecule has 0 saturated heterocycles. The number of amides is 2. The summed E-state index contributed by atoms with van der Waals surface area (Å²) in [6, 6.07) is 8.12. The highest BCUT2D eigenvalue weighted by Crippen LogP contribution is 2.09. The van der Waals surface area contributed by atoms with Crippen molar-refractivity contribution in [3.63, 3.8) is 0 Å². The van der Waals surface area contributed by atoms with Gasteiger partial charge in [-0.1, -0.05) is 0 Å². The lowest BCUT2D eigenvalue weighted by molar-refractivity contribution is -0.116. The molecule has 6 heteroatoms. The molecule has 0 aliphatic carbocycles. The predicted octanol–water partition coefficient (Wildman–Crippen LogP) is 0.621. The van der Waals surface area contributed by atoms with E-state index in [1.165, 1.54) is 4.68 Å². The first-order chi connectivity index (χ1) is 8.65. The molecule has 2 aromatic rings. The van der Waals surface area contributed by atoms with Gasteiger partial charge in [-0.25, -0.2) is 0 Å². The van der Waals surface area contributed by atoms with Crippen molar-refractivity contribution < 1.29 is 9.59 Å². The number of nitrogens with two attached hydrogens (primary N) is 1. The summed E-state index contributed by atoms with van der Waals surface area (Å²) in [5, 5.41) is 6.62. The third kappa shape index (κ3) is 2.94. The minimum Gasteiger partial charge on any atom is -0.366 e. The lowest BCUT2D eigenvalue weighted by Gasteiger charge is -2.05. The zero-order valence-corrected chi connectivity index (χ0v) is 9.54. The standard InChI is InChI=1S/C12H12N4O2/c13-12(18)9-2-4-10(5-3-9)15-11(17)8-16-7-1-6-14-16/h1-7H,8H2,(H2,13,18)(H,15,17). The fourth-order valence-electron chi connectivity index (χ4n) is 1.46. The molecule has 2 rings (SSSR count). The van der Waals surface area contributed by atoms with Crippen molar-refractivity contribution in [1.82, 2.24) is 9.78 Å². The van der Waals surface area contributed by atoms with Crippen LogP contribution in [0.15, 0.2) is 42.7 Å². The molecule has 6 nitrogen and oxygen atoms in total. The number of hydrogen-bond donors (Lipinski definition) is 2. The summed E-state index contributed by atoms with van der Waals surface area (Å²) in [6.07, 6.45) is 3.31. The Morgan fingerprint density at radius 2 is 2.00 bits per heavy atom. The van der Waals surface area contributed by atoms with Gasteiger partial charge in [0.05, 0.1) is 0 Å². The van der Waals surface area contributed by atoms with Crippen molar-refractivity contribution in [2.24, 2.45) is 5.73 Å². The number of nitrogens with zero attached hydrogens (tertiary/aromatic N) is 2. The smallest absolute Gasteiger partial charge is 0.248 e. The zero-order valence-electron chi connectivity index (χ0n) is 9.54. The van der Waals surface area contributed by atoms with Gasteiger partial charge in [0.15, 0.2) is 0 Å². The molecule has 0 atom stereocenters. The highest BCUT2D eigenvalue weighted by atomic mass is 16.2. The molecule has 0 unspecified atom stereocenters. The van der Waals surface area contributed by atoms with Gasteiger partial charge in [0.25, 0.3) is 0 Å². The first-order valence-corrected chi connectivity index (χ1v) is 5.32. The molecule has 0 fully saturated rings. The van der Waals surface area contributed by atoms with E-state index >= 15 is 0 Å². The maximum Gasteiger partial charge on any atom is 0.248 e. The van der Waals surface area contributed by atoms with Crippen LogP contribution in [0.4, 0.5) is 5.69 Å². The average Bonchev–Trinajstić information content (AvgIpc) is 2.82. The largest absolute Gasteiger partial charge is 0.366 e. The fraction of sp³-hybridized carbons (Fsp3) is 0.0833. The van der Waals surface area contributed by atoms with Gasteiger partial charge in [-0.05, 0) is 30.3 Å². The number of nitrogens with one attached hydrogen (secondary N) is 1. The van der Waals surface area contributed by atoms with Gasteiger partial charge >= 0.3 is 0 Å². The van der Waals surface area contributed by atoms with Crippen LogP contribution in [0.1, 0.15) is 10.4 Å². The minimum absolute atomic E-state index is 0.143. The van der Waals surface area contributed by atoms with Crippen LogP contribution >= 0.6 is 0 Å². The summed E-state index contributed by atoms with van der Waals surface area (Å²) < 4.78 is 1.52. The monoisotopic (exact) mass is 244 g/mol. The number of carbonyl (C=O) groups is 2. The third-order valence-electron chi connectivity index (χ3n) is 2.32. The quantitative estimate of drug-likeness (QED) is 0.826. The molecular formula is C12H12N4O2. The molecule has 0 radical (unpaired) electrons. The second-order valence-corrected chi connectivity index (χ2v) is 3.69. The number of hydrogen-bond acceptors (Lipinski definition) is 3. The van der Waals surface area contributed by atoms with Gasteiger partial charge in [0.1, 0.15) is 6.54 Å². The van der Waals surface area contributed by atoms with E-state index in [2.05, 4.69) is 10.4 Å². The van der Waals surface area contributed by atoms with Crippen LogP contribution in [-0.2, 0) is 11.3 Å². The van der Waals surface area contributed by atoms with Crippen molar-refractivity contribution in [2.75, 3.05) is 5.32 Å². The van der Waals surface area contributed by atoms with Gasteiger partial charge in [0, 0.05) is 23.6 Å². The normalized spacial score (nSPS) is 10.0. The molecule has 2 amide bonds. The maximum absolute atomic E-state index is 11.6. The average molecular weight is 244 g/mol. The lowest BCUT2D eigenvalue weighted by Crippen LogP contribution is -2.19. The Labute approximate surface area is 103 Å². The summed E-state index contributed by atoms with van der Waals surface area (Å²) in [5.74, 6) is -0.685. The lowest BCUT2D eigenvalue weighted by atomic mass is 10.2. The molecule has 1 aromatic carbocycles. The molecule has 1 aromatic heterocycles. The Morgan fingerprint density at radius 1 is 1.28 bits per heavy atom. The van der Waals surface area contributed by atoms with Crippen LogP contribution in [-0.4, -0.2) is 21.6 Å². The van der Waals surface area contributed by atoms with E-state index in [-0.39, 0.29) is 12.5 Å². The number of aromatic nitrogens is 2. The van der Waals surface area contributed by atoms with Crippen LogP contribution in [0.25, 0.3) is 0 Å².